The van der Waals surface area contributed by atoms with Crippen LogP contribution in [0.3, 0.4) is 0 Å². The van der Waals surface area contributed by atoms with Crippen LogP contribution in [0.1, 0.15) is 38.3 Å². The van der Waals surface area contributed by atoms with Gasteiger partial charge in [-0.3, -0.25) is 4.79 Å². The van der Waals surface area contributed by atoms with E-state index in [9.17, 15) is 4.79 Å². The van der Waals surface area contributed by atoms with E-state index in [2.05, 4.69) is 24.1 Å². The fourth-order valence-corrected chi connectivity index (χ4v) is 1.91. The molecule has 16 heavy (non-hydrogen) atoms. The molecule has 0 saturated heterocycles. The number of aromatic nitrogens is 1. The highest BCUT2D eigenvalue weighted by Crippen LogP contribution is 2.29. The highest BCUT2D eigenvalue weighted by Gasteiger charge is 2.19. The molecule has 4 nitrogen and oxygen atoms in total. The summed E-state index contributed by atoms with van der Waals surface area (Å²) in [5, 5.41) is 2.73. The van der Waals surface area contributed by atoms with Gasteiger partial charge in [0.2, 0.25) is 0 Å². The van der Waals surface area contributed by atoms with Gasteiger partial charge in [-0.25, -0.2) is 4.98 Å². The topological polar surface area (TPSA) is 51.2 Å². The Morgan fingerprint density at radius 1 is 1.44 bits per heavy atom. The normalized spacial score (nSPS) is 14.3. The molecule has 0 aliphatic carbocycles. The smallest absolute Gasteiger partial charge is 0.263 e. The highest BCUT2D eigenvalue weighted by atomic mass is 16.5. The van der Waals surface area contributed by atoms with Gasteiger partial charge in [0, 0.05) is 11.6 Å². The number of anilines is 1. The van der Waals surface area contributed by atoms with Crippen molar-refractivity contribution in [3.8, 4) is 5.75 Å². The van der Waals surface area contributed by atoms with Crippen molar-refractivity contribution in [1.29, 1.82) is 0 Å². The number of rotatable bonds is 3. The van der Waals surface area contributed by atoms with Gasteiger partial charge in [-0.2, -0.15) is 0 Å². The molecule has 2 heterocycles. The van der Waals surface area contributed by atoms with Crippen LogP contribution in [0.2, 0.25) is 0 Å². The molecule has 1 N–H and O–H groups in total. The van der Waals surface area contributed by atoms with Gasteiger partial charge < -0.3 is 10.1 Å². The van der Waals surface area contributed by atoms with Crippen LogP contribution in [-0.2, 0) is 4.79 Å². The summed E-state index contributed by atoms with van der Waals surface area (Å²) in [6.45, 7) is 4.37. The van der Waals surface area contributed by atoms with Crippen LogP contribution in [0.4, 0.5) is 5.82 Å². The lowest BCUT2D eigenvalue weighted by atomic mass is 9.99. The lowest BCUT2D eigenvalue weighted by Crippen LogP contribution is -2.26. The lowest BCUT2D eigenvalue weighted by Gasteiger charge is -2.19. The van der Waals surface area contributed by atoms with Gasteiger partial charge in [-0.05, 0) is 25.0 Å². The maximum Gasteiger partial charge on any atom is 0.263 e. The lowest BCUT2D eigenvalue weighted by molar-refractivity contribution is -0.118. The van der Waals surface area contributed by atoms with Gasteiger partial charge in [-0.1, -0.05) is 13.8 Å². The predicted octanol–water partition coefficient (Wildman–Crippen LogP) is 2.32. The molecule has 0 fully saturated rings. The minimum absolute atomic E-state index is 0.0824. The Balaban J connectivity index is 2.30. The maximum atomic E-state index is 11.2. The first-order chi connectivity index (χ1) is 7.74. The molecule has 2 rings (SSSR count). The quantitative estimate of drug-likeness (QED) is 0.850. The maximum absolute atomic E-state index is 11.2. The predicted molar refractivity (Wildman–Crippen MR) is 61.7 cm³/mol. The highest BCUT2D eigenvalue weighted by molar-refractivity contribution is 5.94. The van der Waals surface area contributed by atoms with Gasteiger partial charge in [-0.15, -0.1) is 0 Å². The Labute approximate surface area is 95.0 Å². The summed E-state index contributed by atoms with van der Waals surface area (Å²) in [6.07, 6.45) is 2.11. The largest absolute Gasteiger partial charge is 0.480 e. The van der Waals surface area contributed by atoms with E-state index in [0.717, 1.165) is 18.5 Å². The fraction of sp³-hybridized carbons (Fsp3) is 0.500. The Bertz CT molecular complexity index is 400. The molecular weight excluding hydrogens is 204 g/mol. The van der Waals surface area contributed by atoms with Gasteiger partial charge >= 0.3 is 0 Å². The number of hydrogen-bond donors (Lipinski definition) is 1. The second-order valence-corrected chi connectivity index (χ2v) is 3.93. The number of ether oxygens (including phenoxy) is 1. The minimum Gasteiger partial charge on any atom is -0.480 e. The first kappa shape index (κ1) is 10.9. The van der Waals surface area contributed by atoms with Crippen LogP contribution in [0.15, 0.2) is 12.1 Å². The molecule has 0 radical (unpaired) electrons. The second kappa shape index (κ2) is 4.51. The summed E-state index contributed by atoms with van der Waals surface area (Å²) in [5.74, 6) is 1.53. The van der Waals surface area contributed by atoms with Gasteiger partial charge in [0.05, 0.1) is 0 Å². The molecule has 0 spiro atoms. The molecule has 1 aliphatic heterocycles. The summed E-state index contributed by atoms with van der Waals surface area (Å²) < 4.78 is 5.26. The molecule has 1 aromatic rings. The third-order valence-electron chi connectivity index (χ3n) is 2.90. The molecule has 0 aromatic carbocycles. The number of amides is 1. The van der Waals surface area contributed by atoms with E-state index in [0.29, 0.717) is 17.5 Å². The van der Waals surface area contributed by atoms with Crippen molar-refractivity contribution in [2.45, 2.75) is 32.6 Å². The van der Waals surface area contributed by atoms with Crippen molar-refractivity contribution in [2.75, 3.05) is 11.9 Å². The Morgan fingerprint density at radius 3 is 2.88 bits per heavy atom. The molecule has 4 heteroatoms. The van der Waals surface area contributed by atoms with Crippen molar-refractivity contribution in [3.05, 3.63) is 17.8 Å². The molecular formula is C12H16N2O2. The number of carbonyl (C=O) groups is 1. The summed E-state index contributed by atoms with van der Waals surface area (Å²) in [5.41, 5.74) is 1.02. The number of pyridine rings is 1. The molecule has 0 saturated carbocycles. The molecule has 0 atom stereocenters. The monoisotopic (exact) mass is 220 g/mol. The van der Waals surface area contributed by atoms with Crippen LogP contribution < -0.4 is 10.1 Å². The Hall–Kier alpha value is -1.58. The van der Waals surface area contributed by atoms with E-state index < -0.39 is 0 Å². The summed E-state index contributed by atoms with van der Waals surface area (Å²) in [7, 11) is 0. The van der Waals surface area contributed by atoms with Crippen molar-refractivity contribution in [3.63, 3.8) is 0 Å². The molecule has 0 bridgehead atoms. The first-order valence-corrected chi connectivity index (χ1v) is 5.68. The number of fused-ring (bicyclic) bond motifs is 1. The summed E-state index contributed by atoms with van der Waals surface area (Å²) in [4.78, 5) is 15.6. The van der Waals surface area contributed by atoms with E-state index in [-0.39, 0.29) is 12.5 Å². The third kappa shape index (κ3) is 2.01. The third-order valence-corrected chi connectivity index (χ3v) is 2.90. The van der Waals surface area contributed by atoms with Crippen LogP contribution in [0.5, 0.6) is 5.75 Å². The van der Waals surface area contributed by atoms with Crippen molar-refractivity contribution >= 4 is 11.7 Å². The minimum atomic E-state index is -0.137. The molecule has 86 valence electrons. The second-order valence-electron chi connectivity index (χ2n) is 3.93. The Kier molecular flexibility index (Phi) is 3.08. The molecule has 1 aliphatic rings. The van der Waals surface area contributed by atoms with Gasteiger partial charge in [0.15, 0.2) is 18.2 Å². The fourth-order valence-electron chi connectivity index (χ4n) is 1.91. The average molecular weight is 220 g/mol. The average Bonchev–Trinajstić information content (AvgIpc) is 2.30. The van der Waals surface area contributed by atoms with Gasteiger partial charge in [0.25, 0.3) is 5.91 Å². The van der Waals surface area contributed by atoms with E-state index >= 15 is 0 Å². The zero-order valence-corrected chi connectivity index (χ0v) is 9.62. The molecule has 1 amide bonds. The van der Waals surface area contributed by atoms with E-state index in [1.807, 2.05) is 12.1 Å². The van der Waals surface area contributed by atoms with Crippen molar-refractivity contribution in [1.82, 2.24) is 4.98 Å². The number of hydrogen-bond acceptors (Lipinski definition) is 3. The van der Waals surface area contributed by atoms with Crippen LogP contribution in [0.25, 0.3) is 0 Å². The van der Waals surface area contributed by atoms with Gasteiger partial charge in [0.1, 0.15) is 0 Å². The standard InChI is InChI=1S/C12H16N2O2/c1-3-8(4-2)9-5-6-10-12(13-9)14-11(15)7-16-10/h5-6,8H,3-4,7H2,1-2H3,(H,13,14,15). The van der Waals surface area contributed by atoms with Crippen molar-refractivity contribution < 1.29 is 9.53 Å². The van der Waals surface area contributed by atoms with Crippen LogP contribution >= 0.6 is 0 Å². The SMILES string of the molecule is CCC(CC)c1ccc2c(n1)NC(=O)CO2. The van der Waals surface area contributed by atoms with Crippen molar-refractivity contribution in [2.24, 2.45) is 0 Å². The van der Waals surface area contributed by atoms with Crippen LogP contribution in [-0.4, -0.2) is 17.5 Å². The summed E-state index contributed by atoms with van der Waals surface area (Å²) in [6, 6.07) is 3.86. The van der Waals surface area contributed by atoms with E-state index in [1.165, 1.54) is 0 Å². The summed E-state index contributed by atoms with van der Waals surface area (Å²) >= 11 is 0. The Morgan fingerprint density at radius 2 is 2.19 bits per heavy atom. The number of nitrogens with zero attached hydrogens (tertiary/aromatic N) is 1. The number of nitrogens with one attached hydrogen (secondary N) is 1. The number of carbonyl (C=O) groups excluding carboxylic acids is 1. The zero-order chi connectivity index (χ0) is 11.5. The molecule has 0 unspecified atom stereocenters. The van der Waals surface area contributed by atoms with E-state index in [1.54, 1.807) is 0 Å². The molecule has 1 aromatic heterocycles. The zero-order valence-electron chi connectivity index (χ0n) is 9.62. The van der Waals surface area contributed by atoms with E-state index in [4.69, 9.17) is 4.74 Å². The first-order valence-electron chi connectivity index (χ1n) is 5.68. The van der Waals surface area contributed by atoms with Crippen LogP contribution in [0, 0.1) is 0 Å².